The summed E-state index contributed by atoms with van der Waals surface area (Å²) in [5.41, 5.74) is 0.326. The molecule has 2 rings (SSSR count). The lowest BCUT2D eigenvalue weighted by atomic mass is 10.3. The van der Waals surface area contributed by atoms with E-state index >= 15 is 0 Å². The molecule has 0 atom stereocenters. The highest BCUT2D eigenvalue weighted by atomic mass is 19.1. The first-order chi connectivity index (χ1) is 7.59. The number of hydrogen-bond acceptors (Lipinski definition) is 3. The lowest BCUT2D eigenvalue weighted by molar-refractivity contribution is -0.148. The molecule has 16 heavy (non-hydrogen) atoms. The molecule has 1 aromatic carbocycles. The zero-order valence-corrected chi connectivity index (χ0v) is 8.51. The Kier molecular flexibility index (Phi) is 2.57. The topological polar surface area (TPSA) is 49.9 Å². The zero-order chi connectivity index (χ0) is 11.7. The number of carbonyl (C=O) groups excluding carboxylic acids is 2. The van der Waals surface area contributed by atoms with E-state index in [2.05, 4.69) is 0 Å². The molecule has 0 radical (unpaired) electrons. The average molecular weight is 224 g/mol. The molecule has 0 saturated carbocycles. The van der Waals surface area contributed by atoms with Crippen LogP contribution in [-0.4, -0.2) is 30.7 Å². The number of rotatable bonds is 1. The fraction of sp³-hybridized carbons (Fsp3) is 0.200. The fourth-order valence-electron chi connectivity index (χ4n) is 1.36. The number of hydrogen-bond donors (Lipinski definition) is 0. The van der Waals surface area contributed by atoms with Crippen LogP contribution in [0.1, 0.15) is 0 Å². The third-order valence-electron chi connectivity index (χ3n) is 2.18. The summed E-state index contributed by atoms with van der Waals surface area (Å²) in [6, 6.07) is 4.51. The molecule has 1 saturated heterocycles. The molecular formula is C10H9FN2O3. The van der Waals surface area contributed by atoms with Crippen LogP contribution in [0.25, 0.3) is 0 Å². The van der Waals surface area contributed by atoms with Gasteiger partial charge >= 0.3 is 6.03 Å². The van der Waals surface area contributed by atoms with Gasteiger partial charge in [0.1, 0.15) is 5.82 Å². The van der Waals surface area contributed by atoms with Crippen LogP contribution in [0.5, 0.6) is 0 Å². The normalized spacial score (nSPS) is 16.9. The second-order valence-corrected chi connectivity index (χ2v) is 3.26. The monoisotopic (exact) mass is 224 g/mol. The van der Waals surface area contributed by atoms with Gasteiger partial charge in [-0.05, 0) is 24.3 Å². The smallest absolute Gasteiger partial charge is 0.271 e. The van der Waals surface area contributed by atoms with Crippen LogP contribution in [0.2, 0.25) is 0 Å². The molecule has 5 nitrogen and oxygen atoms in total. The van der Waals surface area contributed by atoms with Gasteiger partial charge in [0, 0.05) is 7.05 Å². The standard InChI is InChI=1S/C10H9FN2O3/c1-12-10(15)13(9(14)6-16-12)8-4-2-7(11)3-5-8/h2-5H,6H2,1H3. The number of halogens is 1. The summed E-state index contributed by atoms with van der Waals surface area (Å²) in [4.78, 5) is 28.9. The molecule has 0 N–H and O–H groups in total. The maximum atomic E-state index is 12.7. The molecule has 1 aliphatic rings. The number of urea groups is 1. The van der Waals surface area contributed by atoms with Crippen molar-refractivity contribution in [1.29, 1.82) is 0 Å². The van der Waals surface area contributed by atoms with Gasteiger partial charge in [-0.2, -0.15) is 0 Å². The van der Waals surface area contributed by atoms with Crippen molar-refractivity contribution in [2.24, 2.45) is 0 Å². The van der Waals surface area contributed by atoms with Crippen molar-refractivity contribution < 1.29 is 18.8 Å². The van der Waals surface area contributed by atoms with E-state index in [-0.39, 0.29) is 6.61 Å². The number of hydroxylamine groups is 2. The summed E-state index contributed by atoms with van der Waals surface area (Å²) in [7, 11) is 1.41. The highest BCUT2D eigenvalue weighted by Crippen LogP contribution is 2.19. The predicted octanol–water partition coefficient (Wildman–Crippen LogP) is 1.16. The summed E-state index contributed by atoms with van der Waals surface area (Å²) in [5.74, 6) is -0.903. The Hall–Kier alpha value is -1.95. The third-order valence-corrected chi connectivity index (χ3v) is 2.18. The van der Waals surface area contributed by atoms with Crippen molar-refractivity contribution in [2.75, 3.05) is 18.6 Å². The van der Waals surface area contributed by atoms with Crippen molar-refractivity contribution in [2.45, 2.75) is 0 Å². The second kappa shape index (κ2) is 3.90. The molecule has 84 valence electrons. The molecule has 0 aromatic heterocycles. The van der Waals surface area contributed by atoms with E-state index in [4.69, 9.17) is 4.84 Å². The van der Waals surface area contributed by atoms with Gasteiger partial charge in [0.2, 0.25) is 0 Å². The third kappa shape index (κ3) is 1.74. The minimum absolute atomic E-state index is 0.209. The summed E-state index contributed by atoms with van der Waals surface area (Å²) >= 11 is 0. The molecule has 1 aromatic rings. The lowest BCUT2D eigenvalue weighted by Crippen LogP contribution is -2.52. The van der Waals surface area contributed by atoms with E-state index in [1.165, 1.54) is 31.3 Å². The quantitative estimate of drug-likeness (QED) is 0.719. The first-order valence-electron chi connectivity index (χ1n) is 4.59. The second-order valence-electron chi connectivity index (χ2n) is 3.26. The molecule has 0 spiro atoms. The summed E-state index contributed by atoms with van der Waals surface area (Å²) in [5, 5.41) is 0.963. The fourth-order valence-corrected chi connectivity index (χ4v) is 1.36. The summed E-state index contributed by atoms with van der Waals surface area (Å²) in [6.07, 6.45) is 0. The number of amides is 3. The maximum Gasteiger partial charge on any atom is 0.355 e. The first-order valence-corrected chi connectivity index (χ1v) is 4.59. The Balaban J connectivity index is 2.34. The number of nitrogens with zero attached hydrogens (tertiary/aromatic N) is 2. The molecule has 1 aliphatic heterocycles. The number of imide groups is 1. The van der Waals surface area contributed by atoms with Gasteiger partial charge < -0.3 is 0 Å². The molecule has 0 aliphatic carbocycles. The predicted molar refractivity (Wildman–Crippen MR) is 53.0 cm³/mol. The van der Waals surface area contributed by atoms with E-state index in [0.29, 0.717) is 5.69 Å². The Labute approximate surface area is 91.0 Å². The zero-order valence-electron chi connectivity index (χ0n) is 8.51. The van der Waals surface area contributed by atoms with E-state index in [0.717, 1.165) is 9.96 Å². The van der Waals surface area contributed by atoms with E-state index in [9.17, 15) is 14.0 Å². The van der Waals surface area contributed by atoms with Crippen LogP contribution in [0.4, 0.5) is 14.9 Å². The van der Waals surface area contributed by atoms with Crippen molar-refractivity contribution >= 4 is 17.6 Å². The van der Waals surface area contributed by atoms with Crippen LogP contribution in [0.15, 0.2) is 24.3 Å². The van der Waals surface area contributed by atoms with Crippen LogP contribution in [0.3, 0.4) is 0 Å². The van der Waals surface area contributed by atoms with Crippen molar-refractivity contribution in [3.8, 4) is 0 Å². The molecule has 6 heteroatoms. The molecular weight excluding hydrogens is 215 g/mol. The molecule has 0 unspecified atom stereocenters. The van der Waals surface area contributed by atoms with Gasteiger partial charge in [0.05, 0.1) is 5.69 Å². The minimum Gasteiger partial charge on any atom is -0.271 e. The van der Waals surface area contributed by atoms with E-state index in [1.54, 1.807) is 0 Å². The van der Waals surface area contributed by atoms with Gasteiger partial charge in [-0.15, -0.1) is 0 Å². The highest BCUT2D eigenvalue weighted by Gasteiger charge is 2.32. The lowest BCUT2D eigenvalue weighted by Gasteiger charge is -2.30. The first kappa shape index (κ1) is 10.6. The maximum absolute atomic E-state index is 12.7. The molecule has 1 fully saturated rings. The van der Waals surface area contributed by atoms with Gasteiger partial charge in [-0.25, -0.2) is 19.1 Å². The Morgan fingerprint density at radius 1 is 1.25 bits per heavy atom. The highest BCUT2D eigenvalue weighted by molar-refractivity contribution is 6.15. The minimum atomic E-state index is -0.595. The molecule has 3 amide bonds. The van der Waals surface area contributed by atoms with Gasteiger partial charge in [0.15, 0.2) is 6.61 Å². The van der Waals surface area contributed by atoms with Gasteiger partial charge in [-0.3, -0.25) is 9.63 Å². The van der Waals surface area contributed by atoms with Crippen molar-refractivity contribution in [3.63, 3.8) is 0 Å². The van der Waals surface area contributed by atoms with E-state index in [1.807, 2.05) is 0 Å². The summed E-state index contributed by atoms with van der Waals surface area (Å²) < 4.78 is 12.7. The average Bonchev–Trinajstić information content (AvgIpc) is 2.27. The van der Waals surface area contributed by atoms with Gasteiger partial charge in [-0.1, -0.05) is 0 Å². The molecule has 1 heterocycles. The SMILES string of the molecule is CN1OCC(=O)N(c2ccc(F)cc2)C1=O. The van der Waals surface area contributed by atoms with Crippen molar-refractivity contribution in [1.82, 2.24) is 5.06 Å². The number of carbonyl (C=O) groups is 2. The van der Waals surface area contributed by atoms with Crippen LogP contribution in [-0.2, 0) is 9.63 Å². The largest absolute Gasteiger partial charge is 0.355 e. The van der Waals surface area contributed by atoms with E-state index < -0.39 is 17.8 Å². The van der Waals surface area contributed by atoms with Crippen LogP contribution in [0, 0.1) is 5.82 Å². The Morgan fingerprint density at radius 3 is 2.50 bits per heavy atom. The van der Waals surface area contributed by atoms with Crippen LogP contribution < -0.4 is 4.90 Å². The van der Waals surface area contributed by atoms with Crippen LogP contribution >= 0.6 is 0 Å². The number of anilines is 1. The molecule has 0 bridgehead atoms. The van der Waals surface area contributed by atoms with Crippen molar-refractivity contribution in [3.05, 3.63) is 30.1 Å². The Morgan fingerprint density at radius 2 is 1.88 bits per heavy atom. The summed E-state index contributed by atoms with van der Waals surface area (Å²) in [6.45, 7) is -0.209. The van der Waals surface area contributed by atoms with Gasteiger partial charge in [0.25, 0.3) is 5.91 Å². The number of benzene rings is 1. The Bertz CT molecular complexity index is 432.